The Kier molecular flexibility index (Phi) is 5.05. The Balaban J connectivity index is 1.94. The molecule has 1 atom stereocenters. The summed E-state index contributed by atoms with van der Waals surface area (Å²) in [5.74, 6) is -4.39. The Morgan fingerprint density at radius 2 is 1.93 bits per heavy atom. The van der Waals surface area contributed by atoms with Gasteiger partial charge in [-0.15, -0.1) is 0 Å². The molecule has 0 amide bonds. The third-order valence-corrected chi connectivity index (χ3v) is 6.04. The molecule has 1 aromatic heterocycles. The zero-order valence-electron chi connectivity index (χ0n) is 16.4. The van der Waals surface area contributed by atoms with Crippen LogP contribution in [0.25, 0.3) is 10.9 Å². The number of aliphatic carboxylic acids is 1. The minimum absolute atomic E-state index is 0.0564. The number of rotatable bonds is 5. The van der Waals surface area contributed by atoms with E-state index in [1.54, 1.807) is 6.92 Å². The first-order chi connectivity index (χ1) is 14.3. The quantitative estimate of drug-likeness (QED) is 0.618. The number of carbonyl (C=O) groups excluding carboxylic acids is 1. The first-order valence-electron chi connectivity index (χ1n) is 9.84. The number of carboxylic acid groups (broad SMARTS) is 1. The maximum absolute atomic E-state index is 14.2. The number of hydrogen-bond acceptors (Lipinski definition) is 3. The van der Waals surface area contributed by atoms with Gasteiger partial charge < -0.3 is 10.2 Å². The van der Waals surface area contributed by atoms with E-state index in [-0.39, 0.29) is 17.0 Å². The highest BCUT2D eigenvalue weighted by Crippen LogP contribution is 2.41. The fourth-order valence-electron chi connectivity index (χ4n) is 4.30. The van der Waals surface area contributed by atoms with Crippen LogP contribution in [-0.2, 0) is 4.79 Å². The summed E-state index contributed by atoms with van der Waals surface area (Å²) in [5.41, 5.74) is 0.924. The highest BCUT2D eigenvalue weighted by atomic mass is 19.1. The predicted molar refractivity (Wildman–Crippen MR) is 107 cm³/mol. The molecule has 4 rings (SSSR count). The molecule has 2 N–H and O–H groups in total. The van der Waals surface area contributed by atoms with E-state index in [9.17, 15) is 28.6 Å². The average Bonchev–Trinajstić information content (AvgIpc) is 2.92. The lowest BCUT2D eigenvalue weighted by molar-refractivity contribution is -0.139. The Hall–Kier alpha value is -3.22. The van der Waals surface area contributed by atoms with Gasteiger partial charge in [-0.3, -0.25) is 14.2 Å². The third-order valence-electron chi connectivity index (χ3n) is 6.04. The molecule has 1 heterocycles. The second kappa shape index (κ2) is 7.55. The van der Waals surface area contributed by atoms with Gasteiger partial charge in [-0.1, -0.05) is 25.3 Å². The normalized spacial score (nSPS) is 15.2. The van der Waals surface area contributed by atoms with E-state index in [1.807, 2.05) is 0 Å². The Morgan fingerprint density at radius 1 is 1.20 bits per heavy atom. The number of carboxylic acids is 1. The third kappa shape index (κ3) is 3.34. The van der Waals surface area contributed by atoms with Crippen LogP contribution in [0.15, 0.2) is 36.4 Å². The number of aromatic hydroxyl groups is 1. The molecule has 7 heteroatoms. The highest BCUT2D eigenvalue weighted by Gasteiger charge is 2.33. The molecule has 0 spiro atoms. The van der Waals surface area contributed by atoms with E-state index in [4.69, 9.17) is 0 Å². The van der Waals surface area contributed by atoms with Crippen LogP contribution >= 0.6 is 0 Å². The highest BCUT2D eigenvalue weighted by molar-refractivity contribution is 6.05. The van der Waals surface area contributed by atoms with Gasteiger partial charge in [0.15, 0.2) is 11.6 Å². The molecule has 0 saturated heterocycles. The van der Waals surface area contributed by atoms with Gasteiger partial charge in [0.1, 0.15) is 5.82 Å². The maximum Gasteiger partial charge on any atom is 0.311 e. The number of phenols is 1. The fourth-order valence-corrected chi connectivity index (χ4v) is 4.30. The first kappa shape index (κ1) is 20.1. The molecular formula is C23H21F2NO4. The molecule has 1 aliphatic rings. The molecule has 1 saturated carbocycles. The van der Waals surface area contributed by atoms with Gasteiger partial charge in [0.05, 0.1) is 11.4 Å². The number of nitrogens with zero attached hydrogens (tertiary/aromatic N) is 1. The topological polar surface area (TPSA) is 79.5 Å². The van der Waals surface area contributed by atoms with Crippen molar-refractivity contribution in [1.82, 2.24) is 4.57 Å². The van der Waals surface area contributed by atoms with Crippen molar-refractivity contribution in [3.8, 4) is 5.75 Å². The summed E-state index contributed by atoms with van der Waals surface area (Å²) in [6.07, 6.45) is 3.36. The molecule has 5 nitrogen and oxygen atoms in total. The molecule has 0 radical (unpaired) electrons. The largest absolute Gasteiger partial charge is 0.505 e. The summed E-state index contributed by atoms with van der Waals surface area (Å²) >= 11 is 0. The number of aromatic nitrogens is 1. The number of fused-ring (bicyclic) bond motifs is 1. The number of halogens is 2. The van der Waals surface area contributed by atoms with E-state index < -0.39 is 35.2 Å². The zero-order chi connectivity index (χ0) is 21.6. The van der Waals surface area contributed by atoms with Crippen molar-refractivity contribution in [1.29, 1.82) is 0 Å². The van der Waals surface area contributed by atoms with E-state index in [1.165, 1.54) is 28.8 Å². The van der Waals surface area contributed by atoms with E-state index in [0.29, 0.717) is 23.1 Å². The van der Waals surface area contributed by atoms with Gasteiger partial charge in [0.25, 0.3) is 5.91 Å². The summed E-state index contributed by atoms with van der Waals surface area (Å²) in [6.45, 7) is 1.60. The van der Waals surface area contributed by atoms with E-state index >= 15 is 0 Å². The van der Waals surface area contributed by atoms with Crippen LogP contribution < -0.4 is 0 Å². The van der Waals surface area contributed by atoms with Crippen molar-refractivity contribution in [2.45, 2.75) is 38.5 Å². The van der Waals surface area contributed by atoms with Crippen LogP contribution in [0.2, 0.25) is 0 Å². The zero-order valence-corrected chi connectivity index (χ0v) is 16.4. The van der Waals surface area contributed by atoms with E-state index in [0.717, 1.165) is 31.4 Å². The van der Waals surface area contributed by atoms with Crippen molar-refractivity contribution in [2.24, 2.45) is 5.92 Å². The minimum atomic E-state index is -1.04. The molecule has 1 fully saturated rings. The lowest BCUT2D eigenvalue weighted by Gasteiger charge is -2.28. The number of carbonyl (C=O) groups is 2. The summed E-state index contributed by atoms with van der Waals surface area (Å²) in [5, 5.41) is 20.2. The monoisotopic (exact) mass is 413 g/mol. The molecular weight excluding hydrogens is 392 g/mol. The first-order valence-corrected chi connectivity index (χ1v) is 9.84. The van der Waals surface area contributed by atoms with Crippen molar-refractivity contribution in [3.05, 3.63) is 64.9 Å². The number of phenolic OH excluding ortho intramolecular Hbond substituents is 1. The summed E-state index contributed by atoms with van der Waals surface area (Å²) in [6, 6.07) is 7.30. The van der Waals surface area contributed by atoms with Crippen LogP contribution in [0.1, 0.15) is 53.2 Å². The van der Waals surface area contributed by atoms with Gasteiger partial charge in [0.2, 0.25) is 0 Å². The van der Waals surface area contributed by atoms with Crippen molar-refractivity contribution in [2.75, 3.05) is 0 Å². The number of benzene rings is 2. The number of hydrogen-bond donors (Lipinski definition) is 2. The predicted octanol–water partition coefficient (Wildman–Crippen LogP) is 4.98. The summed E-state index contributed by atoms with van der Waals surface area (Å²) in [4.78, 5) is 25.3. The molecule has 0 aliphatic heterocycles. The minimum Gasteiger partial charge on any atom is -0.505 e. The van der Waals surface area contributed by atoms with Crippen LogP contribution in [-0.4, -0.2) is 26.7 Å². The maximum atomic E-state index is 14.2. The van der Waals surface area contributed by atoms with Gasteiger partial charge >= 0.3 is 5.97 Å². The average molecular weight is 413 g/mol. The van der Waals surface area contributed by atoms with Crippen LogP contribution in [0, 0.1) is 24.5 Å². The second-order valence-electron chi connectivity index (χ2n) is 7.89. The second-order valence-corrected chi connectivity index (χ2v) is 7.89. The van der Waals surface area contributed by atoms with Crippen molar-refractivity contribution < 1.29 is 28.6 Å². The van der Waals surface area contributed by atoms with Gasteiger partial charge in [0, 0.05) is 22.7 Å². The fraction of sp³-hybridized carbons (Fsp3) is 0.304. The van der Waals surface area contributed by atoms with Gasteiger partial charge in [-0.2, -0.15) is 0 Å². The summed E-state index contributed by atoms with van der Waals surface area (Å²) < 4.78 is 29.1. The molecule has 3 aromatic rings. The summed E-state index contributed by atoms with van der Waals surface area (Å²) in [7, 11) is 0. The molecule has 0 bridgehead atoms. The van der Waals surface area contributed by atoms with Crippen LogP contribution in [0.3, 0.4) is 0 Å². The lowest BCUT2D eigenvalue weighted by atomic mass is 9.77. The molecule has 2 aromatic carbocycles. The Bertz CT molecular complexity index is 1160. The smallest absolute Gasteiger partial charge is 0.311 e. The molecule has 156 valence electrons. The Labute approximate surface area is 171 Å². The standard InChI is InChI=1S/C23H21F2NO4/c1-12-21(17(23(29)30)8-13-4-2-5-13)16-10-20(27)18(25)11-19(16)26(12)22(28)14-6-3-7-15(24)9-14/h3,6-7,9-11,13,17,27H,2,4-5,8H2,1H3,(H,29,30). The molecule has 1 unspecified atom stereocenters. The van der Waals surface area contributed by atoms with Crippen molar-refractivity contribution in [3.63, 3.8) is 0 Å². The lowest BCUT2D eigenvalue weighted by Crippen LogP contribution is -2.21. The SMILES string of the molecule is Cc1c(C(CC2CCC2)C(=O)O)c2cc(O)c(F)cc2n1C(=O)c1cccc(F)c1. The molecule has 1 aliphatic carbocycles. The van der Waals surface area contributed by atoms with Gasteiger partial charge in [-0.05, 0) is 49.1 Å². The van der Waals surface area contributed by atoms with Crippen LogP contribution in [0.5, 0.6) is 5.75 Å². The molecule has 30 heavy (non-hydrogen) atoms. The van der Waals surface area contributed by atoms with E-state index in [2.05, 4.69) is 0 Å². The Morgan fingerprint density at radius 3 is 2.53 bits per heavy atom. The van der Waals surface area contributed by atoms with Crippen LogP contribution in [0.4, 0.5) is 8.78 Å². The van der Waals surface area contributed by atoms with Gasteiger partial charge in [-0.25, -0.2) is 8.78 Å². The van der Waals surface area contributed by atoms with Crippen molar-refractivity contribution >= 4 is 22.8 Å².